The highest BCUT2D eigenvalue weighted by molar-refractivity contribution is 5.89. The van der Waals surface area contributed by atoms with Crippen molar-refractivity contribution in [2.75, 3.05) is 13.9 Å². The van der Waals surface area contributed by atoms with Gasteiger partial charge in [0.05, 0.1) is 12.7 Å². The minimum Gasteiger partial charge on any atom is -0.465 e. The van der Waals surface area contributed by atoms with Gasteiger partial charge in [-0.3, -0.25) is 0 Å². The zero-order valence-electron chi connectivity index (χ0n) is 9.34. The number of ether oxygens (including phenoxy) is 3. The number of benzene rings is 1. The fourth-order valence-corrected chi connectivity index (χ4v) is 1.02. The van der Waals surface area contributed by atoms with Crippen LogP contribution < -0.4 is 4.74 Å². The molecule has 0 fully saturated rings. The summed E-state index contributed by atoms with van der Waals surface area (Å²) < 4.78 is 14.3. The average Bonchev–Trinajstić information content (AvgIpc) is 2.38. The summed E-state index contributed by atoms with van der Waals surface area (Å²) in [6.07, 6.45) is 1.05. The van der Waals surface area contributed by atoms with Gasteiger partial charge in [0.2, 0.25) is 6.79 Å². The Bertz CT molecular complexity index is 407. The first-order valence-corrected chi connectivity index (χ1v) is 4.77. The molecule has 90 valence electrons. The zero-order valence-corrected chi connectivity index (χ0v) is 9.34. The lowest BCUT2D eigenvalue weighted by Crippen LogP contribution is -2.07. The summed E-state index contributed by atoms with van der Waals surface area (Å²) in [7, 11) is 1.31. The Kier molecular flexibility index (Phi) is 4.75. The highest BCUT2D eigenvalue weighted by atomic mass is 16.7. The second-order valence-corrected chi connectivity index (χ2v) is 2.95. The molecule has 0 aliphatic rings. The largest absolute Gasteiger partial charge is 0.465 e. The molecule has 0 aliphatic carbocycles. The van der Waals surface area contributed by atoms with Gasteiger partial charge in [0.15, 0.2) is 0 Å². The van der Waals surface area contributed by atoms with Crippen LogP contribution in [-0.2, 0) is 14.3 Å². The van der Waals surface area contributed by atoms with E-state index in [0.29, 0.717) is 11.3 Å². The van der Waals surface area contributed by atoms with E-state index < -0.39 is 11.9 Å². The van der Waals surface area contributed by atoms with Crippen LogP contribution in [0.3, 0.4) is 0 Å². The molecular weight excluding hydrogens is 224 g/mol. The van der Waals surface area contributed by atoms with E-state index in [1.54, 1.807) is 24.3 Å². The Morgan fingerprint density at radius 1 is 1.29 bits per heavy atom. The fourth-order valence-electron chi connectivity index (χ4n) is 1.02. The average molecular weight is 236 g/mol. The molecule has 0 unspecified atom stereocenters. The molecule has 0 radical (unpaired) electrons. The first-order chi connectivity index (χ1) is 8.17. The summed E-state index contributed by atoms with van der Waals surface area (Å²) in [6, 6.07) is 6.26. The van der Waals surface area contributed by atoms with Crippen molar-refractivity contribution in [1.29, 1.82) is 0 Å². The lowest BCUT2D eigenvalue weighted by molar-refractivity contribution is -0.144. The number of rotatable bonds is 5. The molecule has 0 bridgehead atoms. The third-order valence-corrected chi connectivity index (χ3v) is 1.87. The third-order valence-electron chi connectivity index (χ3n) is 1.87. The molecule has 0 saturated carbocycles. The Balaban J connectivity index is 2.48. The van der Waals surface area contributed by atoms with E-state index in [2.05, 4.69) is 16.1 Å². The van der Waals surface area contributed by atoms with E-state index in [9.17, 15) is 9.59 Å². The van der Waals surface area contributed by atoms with Gasteiger partial charge in [0.1, 0.15) is 5.75 Å². The van der Waals surface area contributed by atoms with Crippen LogP contribution in [0.4, 0.5) is 0 Å². The molecule has 0 aromatic heterocycles. The normalized spacial score (nSPS) is 9.24. The van der Waals surface area contributed by atoms with Gasteiger partial charge < -0.3 is 14.2 Å². The summed E-state index contributed by atoms with van der Waals surface area (Å²) in [5.74, 6) is -0.500. The van der Waals surface area contributed by atoms with Crippen LogP contribution in [0.2, 0.25) is 0 Å². The lowest BCUT2D eigenvalue weighted by Gasteiger charge is -2.06. The predicted molar refractivity (Wildman–Crippen MR) is 59.6 cm³/mol. The van der Waals surface area contributed by atoms with Crippen LogP contribution in [0.15, 0.2) is 36.9 Å². The van der Waals surface area contributed by atoms with Gasteiger partial charge in [-0.15, -0.1) is 0 Å². The number of hydrogen-bond acceptors (Lipinski definition) is 5. The van der Waals surface area contributed by atoms with Crippen LogP contribution in [0.1, 0.15) is 10.4 Å². The van der Waals surface area contributed by atoms with Gasteiger partial charge in [-0.25, -0.2) is 9.59 Å². The Hall–Kier alpha value is -2.30. The van der Waals surface area contributed by atoms with Crippen molar-refractivity contribution < 1.29 is 23.8 Å². The van der Waals surface area contributed by atoms with Crippen molar-refractivity contribution in [2.24, 2.45) is 0 Å². The zero-order chi connectivity index (χ0) is 12.7. The molecule has 0 heterocycles. The molecule has 1 aromatic carbocycles. The molecular formula is C12H12O5. The minimum absolute atomic E-state index is 0.206. The van der Waals surface area contributed by atoms with E-state index in [1.807, 2.05) is 0 Å². The molecule has 0 saturated heterocycles. The van der Waals surface area contributed by atoms with Crippen LogP contribution in [-0.4, -0.2) is 25.8 Å². The number of methoxy groups -OCH3 is 1. The second kappa shape index (κ2) is 6.32. The van der Waals surface area contributed by atoms with Crippen LogP contribution in [0.5, 0.6) is 5.75 Å². The number of esters is 2. The molecule has 0 atom stereocenters. The van der Waals surface area contributed by atoms with Crippen LogP contribution in [0.25, 0.3) is 0 Å². The molecule has 5 heteroatoms. The summed E-state index contributed by atoms with van der Waals surface area (Å²) in [6.45, 7) is 3.04. The van der Waals surface area contributed by atoms with Crippen LogP contribution >= 0.6 is 0 Å². The molecule has 0 amide bonds. The SMILES string of the molecule is C=CC(=O)OCOc1ccc(C(=O)OC)cc1. The lowest BCUT2D eigenvalue weighted by atomic mass is 10.2. The number of hydrogen-bond donors (Lipinski definition) is 0. The number of carbonyl (C=O) groups excluding carboxylic acids is 2. The topological polar surface area (TPSA) is 61.8 Å². The van der Waals surface area contributed by atoms with Gasteiger partial charge in [-0.2, -0.15) is 0 Å². The van der Waals surface area contributed by atoms with Crippen molar-refractivity contribution in [2.45, 2.75) is 0 Å². The Morgan fingerprint density at radius 2 is 1.94 bits per heavy atom. The van der Waals surface area contributed by atoms with E-state index in [4.69, 9.17) is 4.74 Å². The molecule has 17 heavy (non-hydrogen) atoms. The van der Waals surface area contributed by atoms with Crippen molar-refractivity contribution in [3.8, 4) is 5.75 Å². The van der Waals surface area contributed by atoms with E-state index >= 15 is 0 Å². The molecule has 0 N–H and O–H groups in total. The quantitative estimate of drug-likeness (QED) is 0.441. The Labute approximate surface area is 98.6 Å². The van der Waals surface area contributed by atoms with E-state index in [0.717, 1.165) is 6.08 Å². The van der Waals surface area contributed by atoms with Gasteiger partial charge in [0.25, 0.3) is 0 Å². The van der Waals surface area contributed by atoms with Crippen molar-refractivity contribution >= 4 is 11.9 Å². The fraction of sp³-hybridized carbons (Fsp3) is 0.167. The maximum atomic E-state index is 11.1. The van der Waals surface area contributed by atoms with E-state index in [1.165, 1.54) is 7.11 Å². The highest BCUT2D eigenvalue weighted by Crippen LogP contribution is 2.12. The summed E-state index contributed by atoms with van der Waals surface area (Å²) in [5, 5.41) is 0. The van der Waals surface area contributed by atoms with Crippen molar-refractivity contribution in [3.63, 3.8) is 0 Å². The standard InChI is InChI=1S/C12H12O5/c1-3-11(13)17-8-16-10-6-4-9(5-7-10)12(14)15-2/h3-7H,1,8H2,2H3. The van der Waals surface area contributed by atoms with Crippen molar-refractivity contribution in [1.82, 2.24) is 0 Å². The Morgan fingerprint density at radius 3 is 2.47 bits per heavy atom. The first kappa shape index (κ1) is 12.8. The van der Waals surface area contributed by atoms with Gasteiger partial charge in [-0.05, 0) is 24.3 Å². The summed E-state index contributed by atoms with van der Waals surface area (Å²) >= 11 is 0. The third kappa shape index (κ3) is 3.98. The van der Waals surface area contributed by atoms with Gasteiger partial charge >= 0.3 is 11.9 Å². The van der Waals surface area contributed by atoms with Crippen molar-refractivity contribution in [3.05, 3.63) is 42.5 Å². The molecule has 0 spiro atoms. The van der Waals surface area contributed by atoms with E-state index in [-0.39, 0.29) is 6.79 Å². The molecule has 1 aromatic rings. The smallest absolute Gasteiger partial charge is 0.337 e. The summed E-state index contributed by atoms with van der Waals surface area (Å²) in [4.78, 5) is 21.8. The molecule has 5 nitrogen and oxygen atoms in total. The summed E-state index contributed by atoms with van der Waals surface area (Å²) in [5.41, 5.74) is 0.419. The highest BCUT2D eigenvalue weighted by Gasteiger charge is 2.04. The van der Waals surface area contributed by atoms with Gasteiger partial charge in [0, 0.05) is 6.08 Å². The molecule has 1 rings (SSSR count). The molecule has 0 aliphatic heterocycles. The number of carbonyl (C=O) groups is 2. The predicted octanol–water partition coefficient (Wildman–Crippen LogP) is 1.54. The first-order valence-electron chi connectivity index (χ1n) is 4.77. The minimum atomic E-state index is -0.559. The maximum Gasteiger partial charge on any atom is 0.337 e. The monoisotopic (exact) mass is 236 g/mol. The van der Waals surface area contributed by atoms with Crippen LogP contribution in [0, 0.1) is 0 Å². The second-order valence-electron chi connectivity index (χ2n) is 2.95. The maximum absolute atomic E-state index is 11.1. The van der Waals surface area contributed by atoms with Gasteiger partial charge in [-0.1, -0.05) is 6.58 Å².